The first-order valence-electron chi connectivity index (χ1n) is 25.1. The van der Waals surface area contributed by atoms with Gasteiger partial charge in [0.1, 0.15) is 11.8 Å². The third-order valence-electron chi connectivity index (χ3n) is 15.6. The maximum atomic E-state index is 15.3. The van der Waals surface area contributed by atoms with Crippen LogP contribution in [0, 0.1) is 57.7 Å². The Kier molecular flexibility index (Phi) is 17.1. The van der Waals surface area contributed by atoms with Crippen molar-refractivity contribution in [2.24, 2.45) is 28.6 Å². The molecule has 2 fully saturated rings. The van der Waals surface area contributed by atoms with E-state index in [1.165, 1.54) is 57.8 Å². The van der Waals surface area contributed by atoms with Gasteiger partial charge in [0.15, 0.2) is 23.3 Å². The molecule has 6 rings (SSSR count). The number of carbonyl (C=O) groups excluding carboxylic acids is 1. The van der Waals surface area contributed by atoms with Crippen molar-refractivity contribution in [3.63, 3.8) is 0 Å². The Morgan fingerprint density at radius 3 is 2.00 bits per heavy atom. The molecule has 2 heterocycles. The van der Waals surface area contributed by atoms with Crippen LogP contribution in [0.3, 0.4) is 0 Å². The second-order valence-electron chi connectivity index (χ2n) is 21.4. The van der Waals surface area contributed by atoms with Crippen LogP contribution < -0.4 is 11.4 Å². The van der Waals surface area contributed by atoms with Crippen molar-refractivity contribution in [1.82, 2.24) is 13.9 Å². The number of aromatic nitrogens is 3. The molecule has 0 amide bonds. The van der Waals surface area contributed by atoms with Crippen LogP contribution in [0.4, 0.5) is 22.0 Å². The Balaban J connectivity index is 1.20. The molecule has 0 spiro atoms. The molecule has 1 aliphatic heterocycles. The lowest BCUT2D eigenvalue weighted by molar-refractivity contribution is -0.149. The van der Waals surface area contributed by atoms with E-state index in [2.05, 4.69) is 41.5 Å². The maximum absolute atomic E-state index is 15.3. The molecule has 4 aliphatic rings. The van der Waals surface area contributed by atoms with Gasteiger partial charge in [0.2, 0.25) is 5.82 Å². The SMILES string of the molecule is CCCCCCCCCCCCCCCC(=O)OC1CCC2=C(C1)C(/C=C1\CCC[C@@]3(C)C1CC[C@@H]3[C@H](C)CCCC(C)(C)C)n1c(=O)n(-c3c(F)c(F)c(F)c(F)c3F)c(=O)n1C2. The van der Waals surface area contributed by atoms with Gasteiger partial charge < -0.3 is 4.74 Å². The standard InChI is InChI=1S/C52H76F5N3O4/c1-7-8-9-10-11-12-13-14-15-16-17-18-19-24-42(61)64-37-26-25-36-33-58-49(62)59(48-46(56)44(54)43(53)45(55)47(48)57)50(63)60(58)41(38(36)32-37)31-35-23-21-30-52(6)39(27-28-40(35)52)34(2)22-20-29-51(3,4)5/h31,34,37,39-41H,7-30,32-33H2,1-6H3/b35-31+/t34-,37?,39-,40?,41?,52-/m1/s1. The molecule has 3 unspecified atom stereocenters. The van der Waals surface area contributed by atoms with Gasteiger partial charge in [0, 0.05) is 12.8 Å². The van der Waals surface area contributed by atoms with Crippen molar-refractivity contribution < 1.29 is 31.5 Å². The molecular formula is C52H76F5N3O4. The number of ether oxygens (including phenoxy) is 1. The van der Waals surface area contributed by atoms with Gasteiger partial charge in [-0.2, -0.15) is 0 Å². The van der Waals surface area contributed by atoms with Crippen LogP contribution in [-0.4, -0.2) is 26.0 Å². The highest BCUT2D eigenvalue weighted by Crippen LogP contribution is 2.60. The Bertz CT molecular complexity index is 2100. The van der Waals surface area contributed by atoms with E-state index in [0.29, 0.717) is 37.5 Å². The second kappa shape index (κ2) is 21.9. The first-order valence-corrected chi connectivity index (χ1v) is 25.1. The van der Waals surface area contributed by atoms with Crippen molar-refractivity contribution in [1.29, 1.82) is 0 Å². The number of carbonyl (C=O) groups is 1. The fourth-order valence-corrected chi connectivity index (χ4v) is 12.1. The summed E-state index contributed by atoms with van der Waals surface area (Å²) in [6.45, 7) is 13.7. The molecule has 0 N–H and O–H groups in total. The van der Waals surface area contributed by atoms with E-state index < -0.39 is 58.3 Å². The highest BCUT2D eigenvalue weighted by Gasteiger charge is 2.51. The third kappa shape index (κ3) is 11.2. The summed E-state index contributed by atoms with van der Waals surface area (Å²) in [7, 11) is 0. The molecule has 64 heavy (non-hydrogen) atoms. The predicted octanol–water partition coefficient (Wildman–Crippen LogP) is 13.9. The van der Waals surface area contributed by atoms with E-state index in [9.17, 15) is 27.6 Å². The number of nitrogens with zero attached hydrogens (tertiary/aromatic N) is 3. The van der Waals surface area contributed by atoms with Crippen LogP contribution in [0.5, 0.6) is 0 Å². The Morgan fingerprint density at radius 1 is 0.797 bits per heavy atom. The van der Waals surface area contributed by atoms with Crippen molar-refractivity contribution in [3.8, 4) is 5.69 Å². The summed E-state index contributed by atoms with van der Waals surface area (Å²) in [6, 6.07) is -0.880. The van der Waals surface area contributed by atoms with Gasteiger partial charge in [-0.15, -0.1) is 0 Å². The van der Waals surface area contributed by atoms with Crippen LogP contribution in [0.15, 0.2) is 32.4 Å². The van der Waals surface area contributed by atoms with Gasteiger partial charge in [-0.25, -0.2) is 45.5 Å². The van der Waals surface area contributed by atoms with E-state index in [0.717, 1.165) is 103 Å². The summed E-state index contributed by atoms with van der Waals surface area (Å²) in [6.07, 6.45) is 27.1. The minimum Gasteiger partial charge on any atom is -0.462 e. The topological polar surface area (TPSA) is 75.2 Å². The third-order valence-corrected chi connectivity index (χ3v) is 15.6. The summed E-state index contributed by atoms with van der Waals surface area (Å²) in [4.78, 5) is 41.7. The van der Waals surface area contributed by atoms with E-state index in [1.54, 1.807) is 0 Å². The molecule has 2 saturated carbocycles. The number of esters is 1. The molecule has 0 saturated heterocycles. The molecule has 1 aromatic heterocycles. The minimum absolute atomic E-state index is 0.0152. The largest absolute Gasteiger partial charge is 0.462 e. The molecular weight excluding hydrogens is 826 g/mol. The van der Waals surface area contributed by atoms with Crippen LogP contribution in [0.25, 0.3) is 5.69 Å². The van der Waals surface area contributed by atoms with Crippen LogP contribution >= 0.6 is 0 Å². The Hall–Kier alpha value is -3.44. The number of benzene rings is 1. The fourth-order valence-electron chi connectivity index (χ4n) is 12.1. The molecule has 0 bridgehead atoms. The summed E-state index contributed by atoms with van der Waals surface area (Å²) >= 11 is 0. The fraction of sp³-hybridized carbons (Fsp3) is 0.750. The van der Waals surface area contributed by atoms with E-state index in [4.69, 9.17) is 4.74 Å². The molecule has 0 radical (unpaired) electrons. The first-order chi connectivity index (χ1) is 30.5. The molecule has 1 aromatic carbocycles. The second-order valence-corrected chi connectivity index (χ2v) is 21.4. The van der Waals surface area contributed by atoms with Gasteiger partial charge in [-0.3, -0.25) is 4.79 Å². The average molecular weight is 902 g/mol. The van der Waals surface area contributed by atoms with Gasteiger partial charge in [0.05, 0.1) is 12.6 Å². The molecule has 3 aliphatic carbocycles. The normalized spacial score (nSPS) is 24.5. The van der Waals surface area contributed by atoms with Gasteiger partial charge in [0.25, 0.3) is 0 Å². The minimum atomic E-state index is -2.37. The van der Waals surface area contributed by atoms with E-state index in [-0.39, 0.29) is 33.8 Å². The zero-order chi connectivity index (χ0) is 46.3. The maximum Gasteiger partial charge on any atom is 0.352 e. The summed E-state index contributed by atoms with van der Waals surface area (Å²) in [5.41, 5.74) is -0.882. The summed E-state index contributed by atoms with van der Waals surface area (Å²) in [5, 5.41) is 0. The molecule has 12 heteroatoms. The van der Waals surface area contributed by atoms with Crippen molar-refractivity contribution in [2.75, 3.05) is 0 Å². The highest BCUT2D eigenvalue weighted by molar-refractivity contribution is 5.69. The smallest absolute Gasteiger partial charge is 0.352 e. The predicted molar refractivity (Wildman–Crippen MR) is 243 cm³/mol. The molecule has 2 aromatic rings. The van der Waals surface area contributed by atoms with Gasteiger partial charge in [-0.05, 0) is 97.5 Å². The van der Waals surface area contributed by atoms with E-state index in [1.807, 2.05) is 6.08 Å². The lowest BCUT2D eigenvalue weighted by Gasteiger charge is -2.45. The van der Waals surface area contributed by atoms with Gasteiger partial charge >= 0.3 is 17.3 Å². The first kappa shape index (κ1) is 50.0. The van der Waals surface area contributed by atoms with E-state index >= 15 is 8.78 Å². The van der Waals surface area contributed by atoms with Crippen molar-refractivity contribution >= 4 is 5.97 Å². The number of allylic oxidation sites excluding steroid dienone is 3. The average Bonchev–Trinajstić information content (AvgIpc) is 3.73. The number of halogens is 5. The number of rotatable bonds is 21. The lowest BCUT2D eigenvalue weighted by Crippen LogP contribution is -2.40. The zero-order valence-electron chi connectivity index (χ0n) is 39.7. The summed E-state index contributed by atoms with van der Waals surface area (Å²) in [5.74, 6) is -10.4. The van der Waals surface area contributed by atoms with Crippen molar-refractivity contribution in [3.05, 3.63) is 72.8 Å². The highest BCUT2D eigenvalue weighted by atomic mass is 19.2. The molecule has 358 valence electrons. The lowest BCUT2D eigenvalue weighted by atomic mass is 9.60. The molecule has 7 nitrogen and oxygen atoms in total. The van der Waals surface area contributed by atoms with Crippen LogP contribution in [-0.2, 0) is 16.1 Å². The Labute approximate surface area is 378 Å². The number of hydrogen-bond acceptors (Lipinski definition) is 4. The summed E-state index contributed by atoms with van der Waals surface area (Å²) < 4.78 is 82.3. The quantitative estimate of drug-likeness (QED) is 0.0312. The molecule has 6 atom stereocenters. The zero-order valence-corrected chi connectivity index (χ0v) is 39.7. The monoisotopic (exact) mass is 902 g/mol. The number of hydrogen-bond donors (Lipinski definition) is 0. The van der Waals surface area contributed by atoms with Crippen LogP contribution in [0.2, 0.25) is 0 Å². The number of fused-ring (bicyclic) bond motifs is 2. The number of unbranched alkanes of at least 4 members (excludes halogenated alkanes) is 12. The van der Waals surface area contributed by atoms with Gasteiger partial charge in [-0.1, -0.05) is 143 Å². The Morgan fingerprint density at radius 2 is 1.39 bits per heavy atom. The van der Waals surface area contributed by atoms with Crippen molar-refractivity contribution in [2.45, 2.75) is 221 Å². The van der Waals surface area contributed by atoms with Crippen LogP contribution in [0.1, 0.15) is 208 Å².